The minimum atomic E-state index is -0.924. The van der Waals surface area contributed by atoms with E-state index in [0.717, 1.165) is 4.90 Å². The summed E-state index contributed by atoms with van der Waals surface area (Å²) in [7, 11) is 0. The first-order valence-corrected chi connectivity index (χ1v) is 6.45. The van der Waals surface area contributed by atoms with Gasteiger partial charge in [-0.05, 0) is 12.8 Å². The first-order chi connectivity index (χ1) is 9.35. The van der Waals surface area contributed by atoms with Crippen molar-refractivity contribution >= 4 is 23.8 Å². The summed E-state index contributed by atoms with van der Waals surface area (Å²) < 4.78 is 0. The Morgan fingerprint density at radius 2 is 2.15 bits per heavy atom. The van der Waals surface area contributed by atoms with Crippen LogP contribution in [0.15, 0.2) is 0 Å². The van der Waals surface area contributed by atoms with Crippen molar-refractivity contribution in [2.45, 2.75) is 32.7 Å². The molecule has 4 amide bonds. The number of imide groups is 1. The average molecular weight is 285 g/mol. The molecule has 0 saturated carbocycles. The molecule has 1 aliphatic heterocycles. The van der Waals surface area contributed by atoms with Gasteiger partial charge in [-0.1, -0.05) is 13.3 Å². The molecular formula is C12H19N3O5. The molecule has 1 fully saturated rings. The molecule has 1 heterocycles. The molecule has 2 atom stereocenters. The van der Waals surface area contributed by atoms with Crippen LogP contribution < -0.4 is 10.6 Å². The molecule has 0 radical (unpaired) electrons. The number of carbonyl (C=O) groups excluding carboxylic acids is 3. The standard InChI is InChI=1S/C12H19N3O5/c1-3-8(4-10(17)18)5-13-12(20)15-6-9(16)14-11(19)7(15)2/h7-8H,3-6H2,1-2H3,(H,13,20)(H,17,18)(H,14,16,19). The molecule has 0 aliphatic carbocycles. The number of carboxylic acid groups (broad SMARTS) is 1. The summed E-state index contributed by atoms with van der Waals surface area (Å²) in [6.45, 7) is 3.37. The number of piperazine rings is 1. The third-order valence-electron chi connectivity index (χ3n) is 3.27. The van der Waals surface area contributed by atoms with Gasteiger partial charge in [0.15, 0.2) is 0 Å². The molecular weight excluding hydrogens is 266 g/mol. The van der Waals surface area contributed by atoms with Crippen molar-refractivity contribution in [1.29, 1.82) is 0 Å². The van der Waals surface area contributed by atoms with Crippen molar-refractivity contribution in [3.05, 3.63) is 0 Å². The van der Waals surface area contributed by atoms with Gasteiger partial charge in [0.2, 0.25) is 11.8 Å². The van der Waals surface area contributed by atoms with E-state index in [1.165, 1.54) is 6.92 Å². The summed E-state index contributed by atoms with van der Waals surface area (Å²) in [6.07, 6.45) is 0.577. The smallest absolute Gasteiger partial charge is 0.318 e. The zero-order valence-electron chi connectivity index (χ0n) is 11.5. The third-order valence-corrected chi connectivity index (χ3v) is 3.27. The number of nitrogens with one attached hydrogen (secondary N) is 2. The number of rotatable bonds is 5. The van der Waals surface area contributed by atoms with E-state index in [4.69, 9.17) is 5.11 Å². The zero-order chi connectivity index (χ0) is 15.3. The van der Waals surface area contributed by atoms with Gasteiger partial charge in [-0.2, -0.15) is 0 Å². The van der Waals surface area contributed by atoms with Crippen LogP contribution in [0.2, 0.25) is 0 Å². The number of amides is 4. The summed E-state index contributed by atoms with van der Waals surface area (Å²) in [5.74, 6) is -2.15. The van der Waals surface area contributed by atoms with Crippen molar-refractivity contribution in [3.8, 4) is 0 Å². The summed E-state index contributed by atoms with van der Waals surface area (Å²) in [4.78, 5) is 46.4. The lowest BCUT2D eigenvalue weighted by Crippen LogP contribution is -2.60. The molecule has 3 N–H and O–H groups in total. The molecule has 0 aromatic carbocycles. The molecule has 1 saturated heterocycles. The predicted molar refractivity (Wildman–Crippen MR) is 68.8 cm³/mol. The maximum atomic E-state index is 11.9. The van der Waals surface area contributed by atoms with Crippen LogP contribution in [0.1, 0.15) is 26.7 Å². The van der Waals surface area contributed by atoms with Gasteiger partial charge in [0.25, 0.3) is 0 Å². The van der Waals surface area contributed by atoms with Crippen molar-refractivity contribution < 1.29 is 24.3 Å². The Morgan fingerprint density at radius 1 is 1.50 bits per heavy atom. The van der Waals surface area contributed by atoms with Crippen molar-refractivity contribution in [1.82, 2.24) is 15.5 Å². The summed E-state index contributed by atoms with van der Waals surface area (Å²) in [5.41, 5.74) is 0. The van der Waals surface area contributed by atoms with E-state index in [1.807, 2.05) is 6.92 Å². The van der Waals surface area contributed by atoms with E-state index in [2.05, 4.69) is 10.6 Å². The van der Waals surface area contributed by atoms with Gasteiger partial charge in [0.05, 0.1) is 0 Å². The maximum Gasteiger partial charge on any atom is 0.318 e. The Bertz CT molecular complexity index is 423. The van der Waals surface area contributed by atoms with Crippen LogP contribution in [0.3, 0.4) is 0 Å². The first-order valence-electron chi connectivity index (χ1n) is 6.45. The fraction of sp³-hybridized carbons (Fsp3) is 0.667. The minimum absolute atomic E-state index is 0.0360. The molecule has 2 unspecified atom stereocenters. The van der Waals surface area contributed by atoms with Crippen molar-refractivity contribution in [2.75, 3.05) is 13.1 Å². The molecule has 8 heteroatoms. The van der Waals surface area contributed by atoms with Crippen LogP contribution >= 0.6 is 0 Å². The number of aliphatic carboxylic acids is 1. The lowest BCUT2D eigenvalue weighted by Gasteiger charge is -2.32. The van der Waals surface area contributed by atoms with Crippen LogP contribution in [0.4, 0.5) is 4.79 Å². The maximum absolute atomic E-state index is 11.9. The van der Waals surface area contributed by atoms with E-state index < -0.39 is 29.9 Å². The van der Waals surface area contributed by atoms with E-state index >= 15 is 0 Å². The minimum Gasteiger partial charge on any atom is -0.481 e. The predicted octanol–water partition coefficient (Wildman–Crippen LogP) is -0.456. The van der Waals surface area contributed by atoms with Crippen LogP contribution in [0.5, 0.6) is 0 Å². The highest BCUT2D eigenvalue weighted by molar-refractivity contribution is 6.03. The fourth-order valence-electron chi connectivity index (χ4n) is 1.90. The van der Waals surface area contributed by atoms with Gasteiger partial charge in [-0.25, -0.2) is 4.79 Å². The Labute approximate surface area is 116 Å². The van der Waals surface area contributed by atoms with Crippen LogP contribution in [-0.2, 0) is 14.4 Å². The second kappa shape index (κ2) is 6.88. The summed E-state index contributed by atoms with van der Waals surface area (Å²) in [5, 5.41) is 13.4. The average Bonchev–Trinajstić information content (AvgIpc) is 2.37. The van der Waals surface area contributed by atoms with E-state index in [-0.39, 0.29) is 25.4 Å². The lowest BCUT2D eigenvalue weighted by atomic mass is 10.0. The SMILES string of the molecule is CCC(CNC(=O)N1CC(=O)NC(=O)C1C)CC(=O)O. The van der Waals surface area contributed by atoms with Gasteiger partial charge in [0.1, 0.15) is 12.6 Å². The van der Waals surface area contributed by atoms with Gasteiger partial charge in [-0.3, -0.25) is 19.7 Å². The molecule has 0 aromatic heterocycles. The molecule has 112 valence electrons. The van der Waals surface area contributed by atoms with Gasteiger partial charge in [0, 0.05) is 13.0 Å². The van der Waals surface area contributed by atoms with Crippen LogP contribution in [-0.4, -0.2) is 53.0 Å². The second-order valence-electron chi connectivity index (χ2n) is 4.77. The number of carbonyl (C=O) groups is 4. The number of hydrogen-bond donors (Lipinski definition) is 3. The van der Waals surface area contributed by atoms with Crippen molar-refractivity contribution in [3.63, 3.8) is 0 Å². The highest BCUT2D eigenvalue weighted by atomic mass is 16.4. The molecule has 0 aromatic rings. The Balaban J connectivity index is 2.54. The highest BCUT2D eigenvalue weighted by Crippen LogP contribution is 2.08. The highest BCUT2D eigenvalue weighted by Gasteiger charge is 2.33. The normalized spacial score (nSPS) is 20.3. The third kappa shape index (κ3) is 4.22. The van der Waals surface area contributed by atoms with E-state index in [9.17, 15) is 19.2 Å². The van der Waals surface area contributed by atoms with Crippen LogP contribution in [0, 0.1) is 5.92 Å². The molecule has 0 bridgehead atoms. The lowest BCUT2D eigenvalue weighted by molar-refractivity contribution is -0.139. The quantitative estimate of drug-likeness (QED) is 0.591. The second-order valence-corrected chi connectivity index (χ2v) is 4.77. The molecule has 0 spiro atoms. The molecule has 8 nitrogen and oxygen atoms in total. The van der Waals surface area contributed by atoms with Crippen LogP contribution in [0.25, 0.3) is 0 Å². The first kappa shape index (κ1) is 15.9. The van der Waals surface area contributed by atoms with E-state index in [0.29, 0.717) is 6.42 Å². The number of carboxylic acids is 1. The largest absolute Gasteiger partial charge is 0.481 e. The molecule has 20 heavy (non-hydrogen) atoms. The van der Waals surface area contributed by atoms with Gasteiger partial charge in [-0.15, -0.1) is 0 Å². The Kier molecular flexibility index (Phi) is 5.48. The fourth-order valence-corrected chi connectivity index (χ4v) is 1.90. The summed E-state index contributed by atoms with van der Waals surface area (Å²) >= 11 is 0. The van der Waals surface area contributed by atoms with E-state index in [1.54, 1.807) is 0 Å². The Morgan fingerprint density at radius 3 is 2.70 bits per heavy atom. The number of urea groups is 1. The monoisotopic (exact) mass is 285 g/mol. The van der Waals surface area contributed by atoms with Crippen molar-refractivity contribution in [2.24, 2.45) is 5.92 Å². The number of hydrogen-bond acceptors (Lipinski definition) is 4. The molecule has 1 aliphatic rings. The topological polar surface area (TPSA) is 116 Å². The Hall–Kier alpha value is -2.12. The van der Waals surface area contributed by atoms with Gasteiger partial charge >= 0.3 is 12.0 Å². The van der Waals surface area contributed by atoms with Gasteiger partial charge < -0.3 is 15.3 Å². The zero-order valence-corrected chi connectivity index (χ0v) is 11.5. The molecule has 1 rings (SSSR count). The summed E-state index contributed by atoms with van der Waals surface area (Å²) in [6, 6.07) is -1.27. The number of nitrogens with zero attached hydrogens (tertiary/aromatic N) is 1.